The minimum absolute atomic E-state index is 0.257. The first-order valence-corrected chi connectivity index (χ1v) is 7.99. The van der Waals surface area contributed by atoms with Gasteiger partial charge in [-0.3, -0.25) is 9.59 Å². The SMILES string of the molecule is C[C@@H](OC(=O)c1ccc(C=O)cc1)C(=O)NC1(C#N)CCCCC1. The molecule has 1 fully saturated rings. The number of carbonyl (C=O) groups excluding carboxylic acids is 3. The summed E-state index contributed by atoms with van der Waals surface area (Å²) in [6.07, 6.45) is 3.75. The number of hydrogen-bond acceptors (Lipinski definition) is 5. The molecule has 1 N–H and O–H groups in total. The van der Waals surface area contributed by atoms with Gasteiger partial charge in [-0.25, -0.2) is 4.79 Å². The molecule has 1 amide bonds. The van der Waals surface area contributed by atoms with Crippen molar-refractivity contribution in [1.82, 2.24) is 5.32 Å². The third-order valence-electron chi connectivity index (χ3n) is 4.22. The van der Waals surface area contributed by atoms with Gasteiger partial charge in [-0.1, -0.05) is 31.4 Å². The zero-order chi connectivity index (χ0) is 17.6. The van der Waals surface area contributed by atoms with Gasteiger partial charge in [0.15, 0.2) is 6.10 Å². The zero-order valence-corrected chi connectivity index (χ0v) is 13.6. The maximum absolute atomic E-state index is 12.3. The summed E-state index contributed by atoms with van der Waals surface area (Å²) in [6, 6.07) is 8.13. The third kappa shape index (κ3) is 4.19. The summed E-state index contributed by atoms with van der Waals surface area (Å²) in [7, 11) is 0. The summed E-state index contributed by atoms with van der Waals surface area (Å²) in [6.45, 7) is 1.47. The van der Waals surface area contributed by atoms with E-state index in [0.717, 1.165) is 19.3 Å². The van der Waals surface area contributed by atoms with Gasteiger partial charge in [0.2, 0.25) is 0 Å². The Kier molecular flexibility index (Phi) is 5.69. The van der Waals surface area contributed by atoms with E-state index in [1.165, 1.54) is 31.2 Å². The maximum atomic E-state index is 12.3. The van der Waals surface area contributed by atoms with Crippen LogP contribution in [-0.2, 0) is 9.53 Å². The lowest BCUT2D eigenvalue weighted by molar-refractivity contribution is -0.130. The van der Waals surface area contributed by atoms with Gasteiger partial charge in [0, 0.05) is 5.56 Å². The summed E-state index contributed by atoms with van der Waals surface area (Å²) < 4.78 is 5.15. The van der Waals surface area contributed by atoms with Gasteiger partial charge in [-0.2, -0.15) is 5.26 Å². The monoisotopic (exact) mass is 328 g/mol. The van der Waals surface area contributed by atoms with Crippen molar-refractivity contribution in [2.75, 3.05) is 0 Å². The molecule has 0 aromatic heterocycles. The first-order valence-electron chi connectivity index (χ1n) is 7.99. The van der Waals surface area contributed by atoms with Gasteiger partial charge in [0.1, 0.15) is 11.8 Å². The second kappa shape index (κ2) is 7.73. The first-order chi connectivity index (χ1) is 11.5. The van der Waals surface area contributed by atoms with Crippen LogP contribution in [0, 0.1) is 11.3 Å². The molecule has 126 valence electrons. The number of esters is 1. The Hall–Kier alpha value is -2.68. The molecule has 0 unspecified atom stereocenters. The second-order valence-electron chi connectivity index (χ2n) is 6.03. The standard InChI is InChI=1S/C18H20N2O4/c1-13(16(22)20-18(12-19)9-3-2-4-10-18)24-17(23)15-7-5-14(11-21)6-8-15/h5-8,11,13H,2-4,9-10H2,1H3,(H,20,22)/t13-/m1/s1. The molecule has 0 heterocycles. The van der Waals surface area contributed by atoms with Gasteiger partial charge in [-0.15, -0.1) is 0 Å². The number of carbonyl (C=O) groups is 3. The Morgan fingerprint density at radius 1 is 1.25 bits per heavy atom. The second-order valence-corrected chi connectivity index (χ2v) is 6.03. The molecule has 2 rings (SSSR count). The van der Waals surface area contributed by atoms with E-state index in [9.17, 15) is 19.6 Å². The van der Waals surface area contributed by atoms with E-state index in [2.05, 4.69) is 11.4 Å². The molecule has 0 bridgehead atoms. The Bertz CT molecular complexity index is 655. The van der Waals surface area contributed by atoms with E-state index < -0.39 is 23.5 Å². The zero-order valence-electron chi connectivity index (χ0n) is 13.6. The largest absolute Gasteiger partial charge is 0.449 e. The van der Waals surface area contributed by atoms with Gasteiger partial charge >= 0.3 is 5.97 Å². The number of nitrogens with zero attached hydrogens (tertiary/aromatic N) is 1. The van der Waals surface area contributed by atoms with Crippen LogP contribution in [0.2, 0.25) is 0 Å². The quantitative estimate of drug-likeness (QED) is 0.661. The highest BCUT2D eigenvalue weighted by Gasteiger charge is 2.35. The molecule has 0 spiro atoms. The highest BCUT2D eigenvalue weighted by Crippen LogP contribution is 2.27. The van der Waals surface area contributed by atoms with E-state index in [1.807, 2.05) is 0 Å². The van der Waals surface area contributed by atoms with Crippen LogP contribution < -0.4 is 5.32 Å². The molecule has 1 aromatic carbocycles. The van der Waals surface area contributed by atoms with Crippen molar-refractivity contribution < 1.29 is 19.1 Å². The fraction of sp³-hybridized carbons (Fsp3) is 0.444. The average molecular weight is 328 g/mol. The molecule has 0 saturated heterocycles. The van der Waals surface area contributed by atoms with Crippen molar-refractivity contribution in [3.05, 3.63) is 35.4 Å². The number of ether oxygens (including phenoxy) is 1. The van der Waals surface area contributed by atoms with Crippen LogP contribution in [0.5, 0.6) is 0 Å². The number of nitrogens with one attached hydrogen (secondary N) is 1. The van der Waals surface area contributed by atoms with Crippen molar-refractivity contribution in [3.63, 3.8) is 0 Å². The summed E-state index contributed by atoms with van der Waals surface area (Å²) in [4.78, 5) is 34.9. The van der Waals surface area contributed by atoms with E-state index in [0.29, 0.717) is 24.7 Å². The lowest BCUT2D eigenvalue weighted by atomic mass is 9.83. The van der Waals surface area contributed by atoms with E-state index in [-0.39, 0.29) is 5.56 Å². The molecule has 0 aliphatic heterocycles. The topological polar surface area (TPSA) is 96.3 Å². The minimum Gasteiger partial charge on any atom is -0.449 e. The Morgan fingerprint density at radius 3 is 2.42 bits per heavy atom. The van der Waals surface area contributed by atoms with Crippen molar-refractivity contribution in [2.45, 2.75) is 50.7 Å². The van der Waals surface area contributed by atoms with Crippen LogP contribution in [0.15, 0.2) is 24.3 Å². The summed E-state index contributed by atoms with van der Waals surface area (Å²) in [5.74, 6) is -1.12. The Labute approximate surface area is 140 Å². The number of benzene rings is 1. The van der Waals surface area contributed by atoms with Gasteiger partial charge in [0.05, 0.1) is 11.6 Å². The fourth-order valence-electron chi connectivity index (χ4n) is 2.74. The van der Waals surface area contributed by atoms with Crippen LogP contribution in [-0.4, -0.2) is 29.8 Å². The van der Waals surface area contributed by atoms with Crippen LogP contribution in [0.1, 0.15) is 59.7 Å². The highest BCUT2D eigenvalue weighted by molar-refractivity contribution is 5.93. The molecule has 1 aliphatic rings. The molecule has 1 saturated carbocycles. The fourth-order valence-corrected chi connectivity index (χ4v) is 2.74. The number of aldehydes is 1. The van der Waals surface area contributed by atoms with Gasteiger partial charge in [0.25, 0.3) is 5.91 Å². The predicted octanol–water partition coefficient (Wildman–Crippen LogP) is 2.39. The number of hydrogen-bond donors (Lipinski definition) is 1. The van der Waals surface area contributed by atoms with Gasteiger partial charge < -0.3 is 10.1 Å². The number of amides is 1. The Morgan fingerprint density at radius 2 is 1.88 bits per heavy atom. The molecular weight excluding hydrogens is 308 g/mol. The highest BCUT2D eigenvalue weighted by atomic mass is 16.5. The average Bonchev–Trinajstić information content (AvgIpc) is 2.62. The third-order valence-corrected chi connectivity index (χ3v) is 4.22. The van der Waals surface area contributed by atoms with Crippen molar-refractivity contribution in [3.8, 4) is 6.07 Å². The minimum atomic E-state index is -1.00. The van der Waals surface area contributed by atoms with Crippen LogP contribution in [0.25, 0.3) is 0 Å². The lowest BCUT2D eigenvalue weighted by Crippen LogP contribution is -2.52. The predicted molar refractivity (Wildman–Crippen MR) is 86.3 cm³/mol. The molecule has 6 heteroatoms. The van der Waals surface area contributed by atoms with Crippen LogP contribution in [0.3, 0.4) is 0 Å². The van der Waals surface area contributed by atoms with Gasteiger partial charge in [-0.05, 0) is 31.9 Å². The van der Waals surface area contributed by atoms with E-state index in [1.54, 1.807) is 0 Å². The lowest BCUT2D eigenvalue weighted by Gasteiger charge is -2.32. The normalized spacial score (nSPS) is 17.2. The van der Waals surface area contributed by atoms with Crippen molar-refractivity contribution >= 4 is 18.2 Å². The van der Waals surface area contributed by atoms with Crippen molar-refractivity contribution in [2.24, 2.45) is 0 Å². The van der Waals surface area contributed by atoms with E-state index >= 15 is 0 Å². The molecule has 1 atom stereocenters. The summed E-state index contributed by atoms with van der Waals surface area (Å²) in [5, 5.41) is 12.1. The van der Waals surface area contributed by atoms with Crippen LogP contribution >= 0.6 is 0 Å². The molecule has 1 aliphatic carbocycles. The number of rotatable bonds is 5. The van der Waals surface area contributed by atoms with Crippen molar-refractivity contribution in [1.29, 1.82) is 5.26 Å². The molecule has 0 radical (unpaired) electrons. The Balaban J connectivity index is 1.96. The summed E-state index contributed by atoms with van der Waals surface area (Å²) >= 11 is 0. The first kappa shape index (κ1) is 17.7. The van der Waals surface area contributed by atoms with Crippen LogP contribution in [0.4, 0.5) is 0 Å². The molecule has 1 aromatic rings. The molecular formula is C18H20N2O4. The molecule has 24 heavy (non-hydrogen) atoms. The maximum Gasteiger partial charge on any atom is 0.338 e. The molecule has 6 nitrogen and oxygen atoms in total. The van der Waals surface area contributed by atoms with E-state index in [4.69, 9.17) is 4.74 Å². The smallest absolute Gasteiger partial charge is 0.338 e. The summed E-state index contributed by atoms with van der Waals surface area (Å²) in [5.41, 5.74) is -0.153. The number of nitriles is 1.